The zero-order valence-electron chi connectivity index (χ0n) is 15.2. The number of pyridine rings is 2. The molecule has 0 unspecified atom stereocenters. The molecule has 0 spiro atoms. The van der Waals surface area contributed by atoms with Crippen LogP contribution in [0, 0.1) is 5.41 Å². The average Bonchev–Trinajstić information content (AvgIpc) is 3.08. The van der Waals surface area contributed by atoms with Crippen molar-refractivity contribution in [2.75, 3.05) is 12.4 Å². The van der Waals surface area contributed by atoms with Crippen LogP contribution in [0.15, 0.2) is 30.6 Å². The van der Waals surface area contributed by atoms with E-state index in [-0.39, 0.29) is 5.41 Å². The summed E-state index contributed by atoms with van der Waals surface area (Å²) in [5.41, 5.74) is 3.08. The van der Waals surface area contributed by atoms with Crippen LogP contribution in [0.2, 0.25) is 0 Å². The van der Waals surface area contributed by atoms with Crippen LogP contribution in [-0.2, 0) is 5.41 Å². The molecule has 0 aliphatic rings. The minimum atomic E-state index is -0.0317. The number of anilines is 2. The first-order valence-electron chi connectivity index (χ1n) is 8.17. The molecule has 3 rings (SSSR count). The second-order valence-electron chi connectivity index (χ2n) is 6.78. The van der Waals surface area contributed by atoms with Crippen molar-refractivity contribution < 1.29 is 0 Å². The molecule has 8 heteroatoms. The predicted molar refractivity (Wildman–Crippen MR) is 107 cm³/mol. The first-order chi connectivity index (χ1) is 12.4. The molecular weight excluding hydrogens is 346 g/mol. The van der Waals surface area contributed by atoms with E-state index in [2.05, 4.69) is 51.6 Å². The third kappa shape index (κ3) is 3.85. The summed E-state index contributed by atoms with van der Waals surface area (Å²) in [6.07, 6.45) is 4.79. The molecule has 0 amide bonds. The lowest BCUT2D eigenvalue weighted by atomic mass is 9.98. The van der Waals surface area contributed by atoms with Gasteiger partial charge in [0.2, 0.25) is 5.13 Å². The van der Waals surface area contributed by atoms with Gasteiger partial charge >= 0.3 is 0 Å². The fourth-order valence-electron chi connectivity index (χ4n) is 2.28. The van der Waals surface area contributed by atoms with Crippen molar-refractivity contribution in [3.63, 3.8) is 0 Å². The Hall–Kier alpha value is -2.87. The number of hydrogen-bond acceptors (Lipinski definition) is 8. The Balaban J connectivity index is 1.91. The lowest BCUT2D eigenvalue weighted by Crippen LogP contribution is -2.10. The van der Waals surface area contributed by atoms with Gasteiger partial charge in [-0.1, -0.05) is 32.1 Å². The van der Waals surface area contributed by atoms with Gasteiger partial charge in [-0.3, -0.25) is 4.98 Å². The summed E-state index contributed by atoms with van der Waals surface area (Å²) in [6.45, 7) is 6.33. The van der Waals surface area contributed by atoms with Crippen molar-refractivity contribution in [2.24, 2.45) is 0 Å². The highest BCUT2D eigenvalue weighted by molar-refractivity contribution is 7.15. The largest absolute Gasteiger partial charge is 0.393 e. The van der Waals surface area contributed by atoms with Crippen molar-refractivity contribution >= 4 is 45.1 Å². The molecule has 3 aromatic heterocycles. The number of fused-ring (bicyclic) bond motifs is 1. The van der Waals surface area contributed by atoms with E-state index in [4.69, 9.17) is 5.41 Å². The number of nitrogens with zero attached hydrogens (tertiary/aromatic N) is 4. The molecule has 0 fully saturated rings. The van der Waals surface area contributed by atoms with Crippen LogP contribution in [-0.4, -0.2) is 33.4 Å². The molecule has 0 atom stereocenters. The van der Waals surface area contributed by atoms with Gasteiger partial charge in [0.15, 0.2) is 0 Å². The summed E-state index contributed by atoms with van der Waals surface area (Å²) in [6, 6.07) is 5.70. The van der Waals surface area contributed by atoms with Crippen molar-refractivity contribution in [3.05, 3.63) is 41.2 Å². The summed E-state index contributed by atoms with van der Waals surface area (Å²) in [5.74, 6) is 0.682. The van der Waals surface area contributed by atoms with Crippen molar-refractivity contribution in [2.45, 2.75) is 26.2 Å². The van der Waals surface area contributed by atoms with E-state index in [1.165, 1.54) is 17.6 Å². The van der Waals surface area contributed by atoms with Crippen LogP contribution in [0.5, 0.6) is 0 Å². The smallest absolute Gasteiger partial charge is 0.211 e. The van der Waals surface area contributed by atoms with Gasteiger partial charge in [0, 0.05) is 42.2 Å². The summed E-state index contributed by atoms with van der Waals surface area (Å²) < 4.78 is 0. The molecule has 3 N–H and O–H groups in total. The first kappa shape index (κ1) is 17.9. The topological polar surface area (TPSA) is 99.5 Å². The fourth-order valence-corrected chi connectivity index (χ4v) is 3.09. The molecule has 26 heavy (non-hydrogen) atoms. The van der Waals surface area contributed by atoms with Gasteiger partial charge in [-0.15, -0.1) is 10.2 Å². The molecule has 134 valence electrons. The quantitative estimate of drug-likeness (QED) is 0.594. The lowest BCUT2D eigenvalue weighted by Gasteiger charge is -2.12. The molecule has 0 saturated carbocycles. The van der Waals surface area contributed by atoms with Crippen LogP contribution in [0.4, 0.5) is 10.9 Å². The van der Waals surface area contributed by atoms with Crippen LogP contribution in [0.1, 0.15) is 31.3 Å². The number of aromatic nitrogens is 4. The van der Waals surface area contributed by atoms with Gasteiger partial charge in [0.05, 0.1) is 11.0 Å². The van der Waals surface area contributed by atoms with Gasteiger partial charge in [-0.2, -0.15) is 0 Å². The van der Waals surface area contributed by atoms with Gasteiger partial charge in [-0.05, 0) is 18.2 Å². The SMILES string of the molecule is CN/C=C(\C=N)c1cnc2ccc(Nc3nnc(C(C)(C)C)s3)nc2c1. The normalized spacial score (nSPS) is 12.2. The van der Waals surface area contributed by atoms with E-state index in [0.717, 1.165) is 27.2 Å². The first-order valence-corrected chi connectivity index (χ1v) is 8.98. The number of nitrogens with one attached hydrogen (secondary N) is 3. The highest BCUT2D eigenvalue weighted by atomic mass is 32.1. The van der Waals surface area contributed by atoms with Crippen molar-refractivity contribution in [3.8, 4) is 0 Å². The van der Waals surface area contributed by atoms with Gasteiger partial charge in [-0.25, -0.2) is 4.98 Å². The Morgan fingerprint density at radius 1 is 1.19 bits per heavy atom. The zero-order valence-corrected chi connectivity index (χ0v) is 16.0. The van der Waals surface area contributed by atoms with Gasteiger partial charge in [0.1, 0.15) is 10.8 Å². The van der Waals surface area contributed by atoms with Crippen LogP contribution < -0.4 is 10.6 Å². The molecule has 0 aromatic carbocycles. The minimum Gasteiger partial charge on any atom is -0.393 e. The second kappa shape index (κ2) is 7.17. The monoisotopic (exact) mass is 367 g/mol. The van der Waals surface area contributed by atoms with Crippen LogP contribution >= 0.6 is 11.3 Å². The lowest BCUT2D eigenvalue weighted by molar-refractivity contribution is 0.578. The Morgan fingerprint density at radius 2 is 2.00 bits per heavy atom. The third-order valence-corrected chi connectivity index (χ3v) is 4.89. The van der Waals surface area contributed by atoms with E-state index in [1.807, 2.05) is 18.2 Å². The summed E-state index contributed by atoms with van der Waals surface area (Å²) in [5, 5.41) is 23.8. The second-order valence-corrected chi connectivity index (χ2v) is 7.76. The molecule has 3 heterocycles. The van der Waals surface area contributed by atoms with E-state index in [9.17, 15) is 0 Å². The average molecular weight is 367 g/mol. The molecule has 0 aliphatic heterocycles. The molecule has 0 aliphatic carbocycles. The van der Waals surface area contributed by atoms with Crippen LogP contribution in [0.3, 0.4) is 0 Å². The standard InChI is InChI=1S/C18H21N7S/c1-18(2,3)16-24-25-17(26-16)23-15-6-5-13-14(22-15)7-11(10-21-13)12(8-19)9-20-4/h5-10,19-20H,1-4H3,(H,22,23,25)/b12-9+,19-8?. The van der Waals surface area contributed by atoms with Crippen LogP contribution in [0.25, 0.3) is 16.6 Å². The molecular formula is C18H21N7S. The Labute approximate surface area is 156 Å². The summed E-state index contributed by atoms with van der Waals surface area (Å²) in [4.78, 5) is 9.05. The zero-order chi connectivity index (χ0) is 18.7. The molecule has 7 nitrogen and oxygen atoms in total. The number of rotatable bonds is 5. The summed E-state index contributed by atoms with van der Waals surface area (Å²) in [7, 11) is 1.80. The van der Waals surface area contributed by atoms with Crippen molar-refractivity contribution in [1.29, 1.82) is 5.41 Å². The van der Waals surface area contributed by atoms with Gasteiger partial charge in [0.25, 0.3) is 0 Å². The Morgan fingerprint density at radius 3 is 2.65 bits per heavy atom. The van der Waals surface area contributed by atoms with E-state index < -0.39 is 0 Å². The van der Waals surface area contributed by atoms with E-state index in [0.29, 0.717) is 10.9 Å². The summed E-state index contributed by atoms with van der Waals surface area (Å²) >= 11 is 1.52. The Bertz CT molecular complexity index is 969. The van der Waals surface area contributed by atoms with Gasteiger partial charge < -0.3 is 16.0 Å². The molecule has 3 aromatic rings. The fraction of sp³-hybridized carbons (Fsp3) is 0.278. The van der Waals surface area contributed by atoms with Crippen molar-refractivity contribution in [1.82, 2.24) is 25.5 Å². The highest BCUT2D eigenvalue weighted by Crippen LogP contribution is 2.29. The highest BCUT2D eigenvalue weighted by Gasteiger charge is 2.19. The third-order valence-electron chi connectivity index (χ3n) is 3.63. The maximum absolute atomic E-state index is 7.54. The maximum atomic E-state index is 7.54. The maximum Gasteiger partial charge on any atom is 0.211 e. The van der Waals surface area contributed by atoms with E-state index in [1.54, 1.807) is 19.4 Å². The van der Waals surface area contributed by atoms with E-state index >= 15 is 0 Å². The minimum absolute atomic E-state index is 0.0317. The molecule has 0 radical (unpaired) electrons. The number of allylic oxidation sites excluding steroid dienone is 1. The molecule has 0 saturated heterocycles. The Kier molecular flexibility index (Phi) is 4.94. The number of hydrogen-bond donors (Lipinski definition) is 3. The molecule has 0 bridgehead atoms. The predicted octanol–water partition coefficient (Wildman–Crippen LogP) is 3.73.